The molecule has 2 rings (SSSR count). The van der Waals surface area contributed by atoms with Crippen LogP contribution in [0.1, 0.15) is 70.7 Å². The van der Waals surface area contributed by atoms with Gasteiger partial charge in [0.25, 0.3) is 0 Å². The second kappa shape index (κ2) is 10.7. The van der Waals surface area contributed by atoms with Crippen molar-refractivity contribution in [2.24, 2.45) is 0 Å². The van der Waals surface area contributed by atoms with Crippen molar-refractivity contribution in [1.29, 1.82) is 0 Å². The lowest BCUT2D eigenvalue weighted by molar-refractivity contribution is -0.125. The molecule has 156 valence electrons. The Kier molecular flexibility index (Phi) is 8.60. The fraction of sp³-hybridized carbons (Fsp3) is 0.667. The number of rotatable bonds is 8. The molecule has 0 saturated carbocycles. The predicted molar refractivity (Wildman–Crippen MR) is 113 cm³/mol. The maximum absolute atomic E-state index is 12.9. The lowest BCUT2D eigenvalue weighted by Crippen LogP contribution is -2.49. The molecule has 1 aliphatic rings. The van der Waals surface area contributed by atoms with E-state index in [1.807, 2.05) is 32.9 Å². The third kappa shape index (κ3) is 6.69. The van der Waals surface area contributed by atoms with Crippen molar-refractivity contribution in [1.82, 2.24) is 15.2 Å². The summed E-state index contributed by atoms with van der Waals surface area (Å²) < 4.78 is 5.60. The number of nitrogens with zero attached hydrogens (tertiary/aromatic N) is 2. The maximum atomic E-state index is 12.9. The Hall–Kier alpha value is -1.76. The van der Waals surface area contributed by atoms with Crippen molar-refractivity contribution >= 4 is 23.8 Å². The summed E-state index contributed by atoms with van der Waals surface area (Å²) in [7, 11) is 0. The van der Waals surface area contributed by atoms with E-state index in [4.69, 9.17) is 4.74 Å². The first-order valence-electron chi connectivity index (χ1n) is 10.1. The van der Waals surface area contributed by atoms with Crippen LogP contribution in [0.5, 0.6) is 0 Å². The predicted octanol–water partition coefficient (Wildman–Crippen LogP) is 4.52. The first-order chi connectivity index (χ1) is 13.3. The molecule has 2 heterocycles. The Balaban J connectivity index is 2.04. The fourth-order valence-corrected chi connectivity index (χ4v) is 4.48. The molecule has 7 heteroatoms. The highest BCUT2D eigenvalue weighted by Crippen LogP contribution is 2.41. The number of nitrogens with one attached hydrogen (secondary N) is 1. The van der Waals surface area contributed by atoms with Gasteiger partial charge in [-0.3, -0.25) is 14.7 Å². The number of aromatic nitrogens is 1. The Labute approximate surface area is 172 Å². The number of unbranched alkanes of at least 4 members (excludes halogenated alkanes) is 4. The van der Waals surface area contributed by atoms with E-state index in [-0.39, 0.29) is 11.3 Å². The number of carbonyl (C=O) groups is 2. The molecule has 1 aliphatic heterocycles. The van der Waals surface area contributed by atoms with Crippen molar-refractivity contribution < 1.29 is 14.3 Å². The van der Waals surface area contributed by atoms with Crippen LogP contribution in [0.3, 0.4) is 0 Å². The number of amides is 2. The molecule has 2 atom stereocenters. The molecule has 1 fully saturated rings. The standard InChI is InChI=1S/C21H33N3O3S/c1-5-6-7-8-9-13-23-18(25)17-15-28-19(16-11-10-12-22-14-16)24(17)20(26)27-21(2,3)4/h10-12,14,17,19H,5-9,13,15H2,1-4H3,(H,23,25)/t17-,19?/m0/s1. The fourth-order valence-electron chi connectivity index (χ4n) is 3.08. The quantitative estimate of drug-likeness (QED) is 0.642. The van der Waals surface area contributed by atoms with Crippen LogP contribution in [-0.4, -0.2) is 45.8 Å². The number of ether oxygens (including phenoxy) is 1. The summed E-state index contributed by atoms with van der Waals surface area (Å²) in [6.45, 7) is 8.32. The molecular weight excluding hydrogens is 374 g/mol. The molecule has 1 N–H and O–H groups in total. The van der Waals surface area contributed by atoms with E-state index in [9.17, 15) is 9.59 Å². The van der Waals surface area contributed by atoms with Crippen LogP contribution < -0.4 is 5.32 Å². The molecular formula is C21H33N3O3S. The van der Waals surface area contributed by atoms with Gasteiger partial charge in [-0.15, -0.1) is 11.8 Å². The number of pyridine rings is 1. The molecule has 1 aromatic rings. The molecule has 0 aromatic carbocycles. The van der Waals surface area contributed by atoms with Gasteiger partial charge in [0.2, 0.25) is 5.91 Å². The average molecular weight is 408 g/mol. The highest BCUT2D eigenvalue weighted by Gasteiger charge is 2.44. The Morgan fingerprint density at radius 1 is 1.29 bits per heavy atom. The van der Waals surface area contributed by atoms with E-state index < -0.39 is 17.7 Å². The molecule has 1 aromatic heterocycles. The first kappa shape index (κ1) is 22.5. The number of hydrogen-bond donors (Lipinski definition) is 1. The normalized spacial score (nSPS) is 19.5. The molecule has 0 radical (unpaired) electrons. The maximum Gasteiger partial charge on any atom is 0.412 e. The monoisotopic (exact) mass is 407 g/mol. The smallest absolute Gasteiger partial charge is 0.412 e. The van der Waals surface area contributed by atoms with Crippen LogP contribution in [0.4, 0.5) is 4.79 Å². The van der Waals surface area contributed by atoms with Gasteiger partial charge in [-0.2, -0.15) is 0 Å². The molecule has 1 unspecified atom stereocenters. The summed E-state index contributed by atoms with van der Waals surface area (Å²) in [5, 5.41) is 2.73. The van der Waals surface area contributed by atoms with Gasteiger partial charge in [-0.05, 0) is 33.3 Å². The minimum absolute atomic E-state index is 0.111. The summed E-state index contributed by atoms with van der Waals surface area (Å²) in [5.74, 6) is 0.431. The Bertz CT molecular complexity index is 634. The van der Waals surface area contributed by atoms with Crippen molar-refractivity contribution in [2.45, 2.75) is 76.8 Å². The molecule has 0 bridgehead atoms. The highest BCUT2D eigenvalue weighted by atomic mass is 32.2. The van der Waals surface area contributed by atoms with Gasteiger partial charge < -0.3 is 10.1 Å². The summed E-state index contributed by atoms with van der Waals surface area (Å²) in [5.41, 5.74) is 0.276. The number of thioether (sulfide) groups is 1. The largest absolute Gasteiger partial charge is 0.444 e. The second-order valence-electron chi connectivity index (χ2n) is 8.08. The van der Waals surface area contributed by atoms with E-state index in [1.165, 1.54) is 19.3 Å². The van der Waals surface area contributed by atoms with Gasteiger partial charge in [0, 0.05) is 30.3 Å². The third-order valence-corrected chi connectivity index (χ3v) is 5.78. The molecule has 0 spiro atoms. The van der Waals surface area contributed by atoms with Crippen molar-refractivity contribution in [3.8, 4) is 0 Å². The number of carbonyl (C=O) groups excluding carboxylic acids is 2. The second-order valence-corrected chi connectivity index (χ2v) is 9.19. The molecule has 28 heavy (non-hydrogen) atoms. The lowest BCUT2D eigenvalue weighted by Gasteiger charge is -2.31. The summed E-state index contributed by atoms with van der Waals surface area (Å²) in [6.07, 6.45) is 8.67. The van der Waals surface area contributed by atoms with Crippen molar-refractivity contribution in [3.05, 3.63) is 30.1 Å². The van der Waals surface area contributed by atoms with Crippen LogP contribution in [0.2, 0.25) is 0 Å². The van der Waals surface area contributed by atoms with Gasteiger partial charge in [-0.25, -0.2) is 4.79 Å². The molecule has 6 nitrogen and oxygen atoms in total. The van der Waals surface area contributed by atoms with Gasteiger partial charge in [-0.1, -0.05) is 38.7 Å². The zero-order chi connectivity index (χ0) is 20.6. The van der Waals surface area contributed by atoms with Crippen molar-refractivity contribution in [2.75, 3.05) is 12.3 Å². The molecule has 1 saturated heterocycles. The first-order valence-corrected chi connectivity index (χ1v) is 11.2. The van der Waals surface area contributed by atoms with Crippen LogP contribution in [0.25, 0.3) is 0 Å². The SMILES string of the molecule is CCCCCCCNC(=O)[C@@H]1CSC(c2cccnc2)N1C(=O)OC(C)(C)C. The van der Waals surface area contributed by atoms with Gasteiger partial charge >= 0.3 is 6.09 Å². The van der Waals surface area contributed by atoms with E-state index >= 15 is 0 Å². The van der Waals surface area contributed by atoms with E-state index in [0.29, 0.717) is 12.3 Å². The Morgan fingerprint density at radius 3 is 2.68 bits per heavy atom. The minimum atomic E-state index is -0.621. The van der Waals surface area contributed by atoms with Gasteiger partial charge in [0.15, 0.2) is 0 Å². The van der Waals surface area contributed by atoms with Crippen LogP contribution in [0, 0.1) is 0 Å². The van der Waals surface area contributed by atoms with Crippen LogP contribution in [0.15, 0.2) is 24.5 Å². The van der Waals surface area contributed by atoms with E-state index in [1.54, 1.807) is 29.1 Å². The van der Waals surface area contributed by atoms with Crippen LogP contribution >= 0.6 is 11.8 Å². The summed E-state index contributed by atoms with van der Waals surface area (Å²) in [4.78, 5) is 31.4. The van der Waals surface area contributed by atoms with Crippen LogP contribution in [-0.2, 0) is 9.53 Å². The lowest BCUT2D eigenvalue weighted by atomic mass is 10.1. The van der Waals surface area contributed by atoms with Gasteiger partial charge in [0.05, 0.1) is 0 Å². The average Bonchev–Trinajstić information content (AvgIpc) is 3.09. The highest BCUT2D eigenvalue weighted by molar-refractivity contribution is 7.99. The van der Waals surface area contributed by atoms with Gasteiger partial charge in [0.1, 0.15) is 17.0 Å². The third-order valence-electron chi connectivity index (χ3n) is 4.46. The summed E-state index contributed by atoms with van der Waals surface area (Å²) >= 11 is 1.57. The molecule has 0 aliphatic carbocycles. The minimum Gasteiger partial charge on any atom is -0.444 e. The Morgan fingerprint density at radius 2 is 2.04 bits per heavy atom. The zero-order valence-electron chi connectivity index (χ0n) is 17.4. The number of hydrogen-bond acceptors (Lipinski definition) is 5. The zero-order valence-corrected chi connectivity index (χ0v) is 18.3. The van der Waals surface area contributed by atoms with E-state index in [0.717, 1.165) is 18.4 Å². The van der Waals surface area contributed by atoms with E-state index in [2.05, 4.69) is 17.2 Å². The topological polar surface area (TPSA) is 71.5 Å². The molecule has 2 amide bonds. The summed E-state index contributed by atoms with van der Waals surface area (Å²) in [6, 6.07) is 3.23. The van der Waals surface area contributed by atoms with Crippen molar-refractivity contribution in [3.63, 3.8) is 0 Å².